The molecule has 0 fully saturated rings. The molecule has 2 rings (SSSR count). The van der Waals surface area contributed by atoms with Crippen LogP contribution in [0.15, 0.2) is 46.9 Å². The van der Waals surface area contributed by atoms with Crippen molar-refractivity contribution in [2.24, 2.45) is 5.73 Å². The van der Waals surface area contributed by atoms with Gasteiger partial charge in [-0.2, -0.15) is 5.26 Å². The highest BCUT2D eigenvalue weighted by Crippen LogP contribution is 2.25. The maximum absolute atomic E-state index is 8.91. The first-order valence-electron chi connectivity index (χ1n) is 6.74. The summed E-state index contributed by atoms with van der Waals surface area (Å²) in [7, 11) is 0. The molecule has 21 heavy (non-hydrogen) atoms. The Hall–Kier alpha value is -1.83. The van der Waals surface area contributed by atoms with Gasteiger partial charge in [0.25, 0.3) is 0 Å². The highest BCUT2D eigenvalue weighted by Gasteiger charge is 2.08. The molecule has 0 spiro atoms. The van der Waals surface area contributed by atoms with Gasteiger partial charge in [0, 0.05) is 10.5 Å². The van der Waals surface area contributed by atoms with Crippen molar-refractivity contribution in [3.05, 3.63) is 63.6 Å². The maximum atomic E-state index is 8.91. The second-order valence-corrected chi connectivity index (χ2v) is 5.95. The van der Waals surface area contributed by atoms with Crippen molar-refractivity contribution in [1.29, 1.82) is 5.26 Å². The number of nitrogens with two attached hydrogens (primary N) is 1. The van der Waals surface area contributed by atoms with Crippen LogP contribution in [0.3, 0.4) is 0 Å². The van der Waals surface area contributed by atoms with Crippen molar-refractivity contribution >= 4 is 15.9 Å². The summed E-state index contributed by atoms with van der Waals surface area (Å²) >= 11 is 3.47. The Morgan fingerprint density at radius 2 is 2.10 bits per heavy atom. The Labute approximate surface area is 133 Å². The van der Waals surface area contributed by atoms with Gasteiger partial charge in [0.2, 0.25) is 0 Å². The zero-order valence-electron chi connectivity index (χ0n) is 11.8. The summed E-state index contributed by atoms with van der Waals surface area (Å²) in [5.41, 5.74) is 8.58. The fourth-order valence-electron chi connectivity index (χ4n) is 2.09. The van der Waals surface area contributed by atoms with E-state index in [0.717, 1.165) is 27.8 Å². The van der Waals surface area contributed by atoms with Crippen LogP contribution < -0.4 is 10.5 Å². The van der Waals surface area contributed by atoms with E-state index in [-0.39, 0.29) is 6.04 Å². The molecule has 2 aromatic rings. The van der Waals surface area contributed by atoms with E-state index in [1.54, 1.807) is 6.07 Å². The largest absolute Gasteiger partial charge is 0.489 e. The molecule has 0 saturated carbocycles. The summed E-state index contributed by atoms with van der Waals surface area (Å²) < 4.78 is 6.90. The standard InChI is InChI=1S/C17H17BrN2O/c1-12(20)7-15-9-16(18)5-6-17(15)21-11-14-4-2-3-13(8-14)10-19/h2-6,8-9,12H,7,11,20H2,1H3. The lowest BCUT2D eigenvalue weighted by atomic mass is 10.1. The molecule has 0 radical (unpaired) electrons. The van der Waals surface area contributed by atoms with Gasteiger partial charge in [-0.15, -0.1) is 0 Å². The van der Waals surface area contributed by atoms with Crippen molar-refractivity contribution in [2.45, 2.75) is 26.0 Å². The van der Waals surface area contributed by atoms with Crippen LogP contribution in [0.1, 0.15) is 23.6 Å². The molecule has 1 atom stereocenters. The van der Waals surface area contributed by atoms with Gasteiger partial charge < -0.3 is 10.5 Å². The average molecular weight is 345 g/mol. The van der Waals surface area contributed by atoms with Crippen molar-refractivity contribution in [3.63, 3.8) is 0 Å². The van der Waals surface area contributed by atoms with Crippen LogP contribution in [-0.4, -0.2) is 6.04 Å². The molecule has 108 valence electrons. The fourth-order valence-corrected chi connectivity index (χ4v) is 2.50. The van der Waals surface area contributed by atoms with Gasteiger partial charge in [-0.1, -0.05) is 28.1 Å². The molecule has 0 saturated heterocycles. The van der Waals surface area contributed by atoms with Crippen molar-refractivity contribution < 1.29 is 4.74 Å². The lowest BCUT2D eigenvalue weighted by Gasteiger charge is -2.14. The molecule has 0 aliphatic heterocycles. The van der Waals surface area contributed by atoms with E-state index in [2.05, 4.69) is 22.0 Å². The topological polar surface area (TPSA) is 59.0 Å². The number of nitrogens with zero attached hydrogens (tertiary/aromatic N) is 1. The lowest BCUT2D eigenvalue weighted by molar-refractivity contribution is 0.302. The van der Waals surface area contributed by atoms with E-state index < -0.39 is 0 Å². The van der Waals surface area contributed by atoms with Crippen LogP contribution in [0.5, 0.6) is 5.75 Å². The van der Waals surface area contributed by atoms with Crippen LogP contribution in [0.2, 0.25) is 0 Å². The number of nitriles is 1. The second-order valence-electron chi connectivity index (χ2n) is 5.03. The lowest BCUT2D eigenvalue weighted by Crippen LogP contribution is -2.18. The first kappa shape index (κ1) is 15.6. The molecule has 0 amide bonds. The van der Waals surface area contributed by atoms with Crippen LogP contribution in [0, 0.1) is 11.3 Å². The third-order valence-electron chi connectivity index (χ3n) is 3.01. The zero-order valence-corrected chi connectivity index (χ0v) is 13.4. The maximum Gasteiger partial charge on any atom is 0.123 e. The van der Waals surface area contributed by atoms with Gasteiger partial charge in [-0.05, 0) is 54.8 Å². The minimum atomic E-state index is 0.0727. The van der Waals surface area contributed by atoms with E-state index in [1.165, 1.54) is 0 Å². The number of rotatable bonds is 5. The number of hydrogen-bond acceptors (Lipinski definition) is 3. The molecule has 0 aliphatic carbocycles. The molecular weight excluding hydrogens is 328 g/mol. The average Bonchev–Trinajstić information content (AvgIpc) is 2.46. The Morgan fingerprint density at radius 3 is 2.81 bits per heavy atom. The molecule has 3 nitrogen and oxygen atoms in total. The quantitative estimate of drug-likeness (QED) is 0.897. The SMILES string of the molecule is CC(N)Cc1cc(Br)ccc1OCc1cccc(C#N)c1. The van der Waals surface area contributed by atoms with Crippen molar-refractivity contribution in [2.75, 3.05) is 0 Å². The minimum Gasteiger partial charge on any atom is -0.489 e. The number of ether oxygens (including phenoxy) is 1. The van der Waals surface area contributed by atoms with Gasteiger partial charge >= 0.3 is 0 Å². The highest BCUT2D eigenvalue weighted by molar-refractivity contribution is 9.10. The second kappa shape index (κ2) is 7.26. The van der Waals surface area contributed by atoms with E-state index in [9.17, 15) is 0 Å². The Morgan fingerprint density at radius 1 is 1.29 bits per heavy atom. The minimum absolute atomic E-state index is 0.0727. The monoisotopic (exact) mass is 344 g/mol. The van der Waals surface area contributed by atoms with E-state index in [0.29, 0.717) is 12.2 Å². The molecular formula is C17H17BrN2O. The van der Waals surface area contributed by atoms with E-state index >= 15 is 0 Å². The van der Waals surface area contributed by atoms with Crippen LogP contribution >= 0.6 is 15.9 Å². The number of hydrogen-bond donors (Lipinski definition) is 1. The summed E-state index contributed by atoms with van der Waals surface area (Å²) in [6.45, 7) is 2.41. The number of benzene rings is 2. The summed E-state index contributed by atoms with van der Waals surface area (Å²) in [6.07, 6.45) is 0.757. The summed E-state index contributed by atoms with van der Waals surface area (Å²) in [5, 5.41) is 8.91. The highest BCUT2D eigenvalue weighted by atomic mass is 79.9. The molecule has 2 aromatic carbocycles. The third-order valence-corrected chi connectivity index (χ3v) is 3.51. The molecule has 0 heterocycles. The first-order valence-corrected chi connectivity index (χ1v) is 7.53. The Kier molecular flexibility index (Phi) is 5.38. The summed E-state index contributed by atoms with van der Waals surface area (Å²) in [6, 6.07) is 15.6. The van der Waals surface area contributed by atoms with Crippen LogP contribution in [0.4, 0.5) is 0 Å². The van der Waals surface area contributed by atoms with Crippen molar-refractivity contribution in [3.8, 4) is 11.8 Å². The number of halogens is 1. The van der Waals surface area contributed by atoms with Crippen LogP contribution in [-0.2, 0) is 13.0 Å². The normalized spacial score (nSPS) is 11.7. The molecule has 0 bridgehead atoms. The van der Waals surface area contributed by atoms with Gasteiger partial charge in [0.15, 0.2) is 0 Å². The molecule has 0 aromatic heterocycles. The summed E-state index contributed by atoms with van der Waals surface area (Å²) in [4.78, 5) is 0. The van der Waals surface area contributed by atoms with E-state index in [1.807, 2.05) is 43.3 Å². The molecule has 2 N–H and O–H groups in total. The van der Waals surface area contributed by atoms with Crippen LogP contribution in [0.25, 0.3) is 0 Å². The molecule has 1 unspecified atom stereocenters. The summed E-state index contributed by atoms with van der Waals surface area (Å²) in [5.74, 6) is 0.831. The first-order chi connectivity index (χ1) is 10.1. The van der Waals surface area contributed by atoms with Gasteiger partial charge in [0.1, 0.15) is 12.4 Å². The molecule has 4 heteroatoms. The Balaban J connectivity index is 2.14. The van der Waals surface area contributed by atoms with Crippen molar-refractivity contribution in [1.82, 2.24) is 0 Å². The predicted octanol–water partition coefficient (Wildman–Crippen LogP) is 3.79. The third kappa shape index (κ3) is 4.59. The Bertz CT molecular complexity index is 662. The van der Waals surface area contributed by atoms with Gasteiger partial charge in [-0.3, -0.25) is 0 Å². The molecule has 0 aliphatic rings. The van der Waals surface area contributed by atoms with Gasteiger partial charge in [-0.25, -0.2) is 0 Å². The van der Waals surface area contributed by atoms with Gasteiger partial charge in [0.05, 0.1) is 11.6 Å². The zero-order chi connectivity index (χ0) is 15.2. The fraction of sp³-hybridized carbons (Fsp3) is 0.235. The smallest absolute Gasteiger partial charge is 0.123 e. The predicted molar refractivity (Wildman–Crippen MR) is 87.0 cm³/mol. The van der Waals surface area contributed by atoms with E-state index in [4.69, 9.17) is 15.7 Å².